The van der Waals surface area contributed by atoms with E-state index in [0.29, 0.717) is 5.69 Å². The normalized spacial score (nSPS) is 12.1. The topological polar surface area (TPSA) is 64.1 Å². The molecule has 0 atom stereocenters. The van der Waals surface area contributed by atoms with Crippen molar-refractivity contribution in [3.05, 3.63) is 11.5 Å². The molecule has 1 aromatic rings. The lowest BCUT2D eigenvalue weighted by molar-refractivity contribution is 0.269. The van der Waals surface area contributed by atoms with E-state index in [2.05, 4.69) is 5.10 Å². The van der Waals surface area contributed by atoms with Crippen LogP contribution in [-0.2, 0) is 12.0 Å². The summed E-state index contributed by atoms with van der Waals surface area (Å²) in [5.41, 5.74) is 5.59. The third-order valence-corrected chi connectivity index (χ3v) is 2.77. The molecule has 15 heavy (non-hydrogen) atoms. The number of hydrogen-bond donors (Lipinski definition) is 2. The molecule has 5 heteroatoms. The van der Waals surface area contributed by atoms with E-state index < -0.39 is 5.82 Å². The Morgan fingerprint density at radius 1 is 1.53 bits per heavy atom. The molecule has 1 heterocycles. The molecule has 0 radical (unpaired) electrons. The zero-order valence-corrected chi connectivity index (χ0v) is 9.42. The van der Waals surface area contributed by atoms with Gasteiger partial charge >= 0.3 is 0 Å². The second kappa shape index (κ2) is 4.18. The summed E-state index contributed by atoms with van der Waals surface area (Å²) in [5.74, 6) is -0.462. The average molecular weight is 215 g/mol. The number of nitrogens with zero attached hydrogens (tertiary/aromatic N) is 2. The Balaban J connectivity index is 3.15. The van der Waals surface area contributed by atoms with Crippen LogP contribution in [-0.4, -0.2) is 21.5 Å². The van der Waals surface area contributed by atoms with Crippen LogP contribution in [0.3, 0.4) is 0 Å². The summed E-state index contributed by atoms with van der Waals surface area (Å²) in [5, 5.41) is 12.9. The molecular weight excluding hydrogens is 197 g/mol. The third-order valence-electron chi connectivity index (χ3n) is 2.77. The van der Waals surface area contributed by atoms with E-state index in [4.69, 9.17) is 10.8 Å². The van der Waals surface area contributed by atoms with Crippen molar-refractivity contribution in [2.24, 2.45) is 0 Å². The average Bonchev–Trinajstić information content (AvgIpc) is 2.47. The van der Waals surface area contributed by atoms with Crippen LogP contribution in [0.5, 0.6) is 0 Å². The summed E-state index contributed by atoms with van der Waals surface area (Å²) in [4.78, 5) is 0. The Morgan fingerprint density at radius 2 is 2.13 bits per heavy atom. The Bertz CT molecular complexity index is 347. The van der Waals surface area contributed by atoms with Crippen molar-refractivity contribution in [2.75, 3.05) is 12.3 Å². The molecule has 1 aromatic heterocycles. The van der Waals surface area contributed by atoms with E-state index in [1.54, 1.807) is 0 Å². The maximum Gasteiger partial charge on any atom is 0.188 e. The first-order valence-electron chi connectivity index (χ1n) is 5.07. The number of anilines is 1. The largest absolute Gasteiger partial charge is 0.394 e. The molecule has 0 fully saturated rings. The second-order valence-electron chi connectivity index (χ2n) is 4.23. The van der Waals surface area contributed by atoms with Gasteiger partial charge in [-0.1, -0.05) is 20.8 Å². The van der Waals surface area contributed by atoms with Crippen molar-refractivity contribution < 1.29 is 9.50 Å². The van der Waals surface area contributed by atoms with Gasteiger partial charge in [-0.2, -0.15) is 5.10 Å². The smallest absolute Gasteiger partial charge is 0.188 e. The molecule has 0 aliphatic heterocycles. The summed E-state index contributed by atoms with van der Waals surface area (Å²) in [7, 11) is 0. The van der Waals surface area contributed by atoms with Crippen LogP contribution in [0.15, 0.2) is 0 Å². The molecule has 0 aliphatic carbocycles. The summed E-state index contributed by atoms with van der Waals surface area (Å²) >= 11 is 0. The lowest BCUT2D eigenvalue weighted by Gasteiger charge is -2.19. The highest BCUT2D eigenvalue weighted by Gasteiger charge is 2.28. The van der Waals surface area contributed by atoms with Crippen molar-refractivity contribution in [3.8, 4) is 0 Å². The third kappa shape index (κ3) is 2.12. The first kappa shape index (κ1) is 12.0. The van der Waals surface area contributed by atoms with Gasteiger partial charge in [0.05, 0.1) is 13.2 Å². The van der Waals surface area contributed by atoms with Gasteiger partial charge in [-0.3, -0.25) is 0 Å². The van der Waals surface area contributed by atoms with Crippen LogP contribution in [0.1, 0.15) is 32.9 Å². The summed E-state index contributed by atoms with van der Waals surface area (Å²) in [6, 6.07) is 0. The Kier molecular flexibility index (Phi) is 3.34. The summed E-state index contributed by atoms with van der Waals surface area (Å²) in [6.07, 6.45) is 0.777. The first-order chi connectivity index (χ1) is 6.94. The lowest BCUT2D eigenvalue weighted by Crippen LogP contribution is -2.18. The molecule has 0 unspecified atom stereocenters. The van der Waals surface area contributed by atoms with Gasteiger partial charge in [-0.15, -0.1) is 0 Å². The van der Waals surface area contributed by atoms with Gasteiger partial charge in [0.25, 0.3) is 0 Å². The van der Waals surface area contributed by atoms with Gasteiger partial charge in [0.1, 0.15) is 5.69 Å². The van der Waals surface area contributed by atoms with Crippen molar-refractivity contribution in [3.63, 3.8) is 0 Å². The minimum Gasteiger partial charge on any atom is -0.394 e. The highest BCUT2D eigenvalue weighted by molar-refractivity contribution is 5.36. The van der Waals surface area contributed by atoms with Crippen molar-refractivity contribution >= 4 is 5.82 Å². The molecule has 0 spiro atoms. The maximum atomic E-state index is 13.7. The molecule has 86 valence electrons. The molecule has 1 rings (SSSR count). The Labute approximate surface area is 88.9 Å². The molecule has 0 amide bonds. The fourth-order valence-corrected chi connectivity index (χ4v) is 1.32. The van der Waals surface area contributed by atoms with Gasteiger partial charge in [0.2, 0.25) is 0 Å². The van der Waals surface area contributed by atoms with E-state index in [1.807, 2.05) is 20.8 Å². The zero-order chi connectivity index (χ0) is 11.6. The second-order valence-corrected chi connectivity index (χ2v) is 4.23. The number of aliphatic hydroxyl groups is 1. The standard InChI is InChI=1S/C10H18FN3O/c1-4-10(2,3)8-7(11)9(12)14(13-8)5-6-15/h15H,4-6,12H2,1-3H3. The van der Waals surface area contributed by atoms with Crippen LogP contribution in [0.4, 0.5) is 10.2 Å². The van der Waals surface area contributed by atoms with Crippen LogP contribution >= 0.6 is 0 Å². The van der Waals surface area contributed by atoms with Crippen LogP contribution in [0.25, 0.3) is 0 Å². The van der Waals surface area contributed by atoms with Crippen LogP contribution in [0.2, 0.25) is 0 Å². The van der Waals surface area contributed by atoms with Crippen molar-refractivity contribution in [1.82, 2.24) is 9.78 Å². The van der Waals surface area contributed by atoms with E-state index in [9.17, 15) is 4.39 Å². The number of aliphatic hydroxyl groups excluding tert-OH is 1. The summed E-state index contributed by atoms with van der Waals surface area (Å²) < 4.78 is 15.0. The molecule has 3 N–H and O–H groups in total. The van der Waals surface area contributed by atoms with Crippen molar-refractivity contribution in [2.45, 2.75) is 39.2 Å². The summed E-state index contributed by atoms with van der Waals surface area (Å²) in [6.45, 7) is 5.93. The van der Waals surface area contributed by atoms with E-state index in [-0.39, 0.29) is 24.4 Å². The molecule has 0 aliphatic rings. The van der Waals surface area contributed by atoms with Gasteiger partial charge < -0.3 is 10.8 Å². The quantitative estimate of drug-likeness (QED) is 0.795. The molecule has 4 nitrogen and oxygen atoms in total. The molecule has 0 aromatic carbocycles. The fraction of sp³-hybridized carbons (Fsp3) is 0.700. The van der Waals surface area contributed by atoms with Gasteiger partial charge in [0.15, 0.2) is 11.6 Å². The number of nitrogen functional groups attached to an aromatic ring is 1. The van der Waals surface area contributed by atoms with Gasteiger partial charge in [-0.25, -0.2) is 9.07 Å². The van der Waals surface area contributed by atoms with E-state index in [0.717, 1.165) is 6.42 Å². The van der Waals surface area contributed by atoms with E-state index in [1.165, 1.54) is 4.68 Å². The monoisotopic (exact) mass is 215 g/mol. The molecule has 0 saturated carbocycles. The Morgan fingerprint density at radius 3 is 2.60 bits per heavy atom. The first-order valence-corrected chi connectivity index (χ1v) is 5.07. The number of halogens is 1. The van der Waals surface area contributed by atoms with Gasteiger partial charge in [0, 0.05) is 5.41 Å². The van der Waals surface area contributed by atoms with Crippen LogP contribution in [0, 0.1) is 5.82 Å². The SMILES string of the molecule is CCC(C)(C)c1nn(CCO)c(N)c1F. The predicted octanol–water partition coefficient (Wildman–Crippen LogP) is 1.28. The van der Waals surface area contributed by atoms with Crippen molar-refractivity contribution in [1.29, 1.82) is 0 Å². The molecular formula is C10H18FN3O. The van der Waals surface area contributed by atoms with E-state index >= 15 is 0 Å². The molecule has 0 saturated heterocycles. The highest BCUT2D eigenvalue weighted by Crippen LogP contribution is 2.30. The predicted molar refractivity (Wildman–Crippen MR) is 57.0 cm³/mol. The van der Waals surface area contributed by atoms with Crippen LogP contribution < -0.4 is 5.73 Å². The number of rotatable bonds is 4. The Hall–Kier alpha value is -1.10. The fourth-order valence-electron chi connectivity index (χ4n) is 1.32. The molecule has 0 bridgehead atoms. The minimum absolute atomic E-state index is 0.000532. The highest BCUT2D eigenvalue weighted by atomic mass is 19.1. The number of aromatic nitrogens is 2. The number of nitrogens with two attached hydrogens (primary N) is 1. The maximum absolute atomic E-state index is 13.7. The lowest BCUT2D eigenvalue weighted by atomic mass is 9.86. The number of hydrogen-bond acceptors (Lipinski definition) is 3. The zero-order valence-electron chi connectivity index (χ0n) is 9.42. The minimum atomic E-state index is -0.463. The van der Waals surface area contributed by atoms with Gasteiger partial charge in [-0.05, 0) is 6.42 Å².